The second-order valence-electron chi connectivity index (χ2n) is 4.51. The zero-order valence-corrected chi connectivity index (χ0v) is 12.8. The van der Waals surface area contributed by atoms with Crippen LogP contribution in [0.3, 0.4) is 0 Å². The van der Waals surface area contributed by atoms with E-state index in [0.717, 1.165) is 0 Å². The zero-order valence-electron chi connectivity index (χ0n) is 12.0. The van der Waals surface area contributed by atoms with E-state index in [9.17, 15) is 9.18 Å². The number of ether oxygens (including phenoxy) is 1. The van der Waals surface area contributed by atoms with E-state index < -0.39 is 5.82 Å². The smallest absolute Gasteiger partial charge is 0.322 e. The third-order valence-electron chi connectivity index (χ3n) is 2.88. The molecule has 0 radical (unpaired) electrons. The Labute approximate surface area is 135 Å². The highest BCUT2D eigenvalue weighted by molar-refractivity contribution is 7.12. The fourth-order valence-corrected chi connectivity index (χ4v) is 2.46. The molecule has 3 rings (SSSR count). The number of hydrogen-bond acceptors (Lipinski definition) is 6. The summed E-state index contributed by atoms with van der Waals surface area (Å²) in [7, 11) is 0. The van der Waals surface area contributed by atoms with Crippen molar-refractivity contribution >= 4 is 22.9 Å². The molecule has 0 saturated heterocycles. The fraction of sp³-hybridized carbons (Fsp3) is 0.0667. The minimum absolute atomic E-state index is 0.0120. The molecule has 116 valence electrons. The molecule has 0 aliphatic heterocycles. The van der Waals surface area contributed by atoms with Gasteiger partial charge in [0.1, 0.15) is 4.88 Å². The number of aryl methyl sites for hydroxylation is 1. The molecule has 0 aliphatic carbocycles. The summed E-state index contributed by atoms with van der Waals surface area (Å²) in [5.74, 6) is -0.755. The quantitative estimate of drug-likeness (QED) is 0.793. The van der Waals surface area contributed by atoms with Crippen molar-refractivity contribution in [2.24, 2.45) is 0 Å². The number of rotatable bonds is 4. The highest BCUT2D eigenvalue weighted by Crippen LogP contribution is 2.21. The van der Waals surface area contributed by atoms with Crippen LogP contribution in [0.1, 0.15) is 15.4 Å². The number of thiazole rings is 1. The van der Waals surface area contributed by atoms with Gasteiger partial charge in [-0.15, -0.1) is 11.3 Å². The van der Waals surface area contributed by atoms with Crippen LogP contribution in [-0.4, -0.2) is 20.9 Å². The van der Waals surface area contributed by atoms with Crippen LogP contribution in [0, 0.1) is 12.7 Å². The average molecular weight is 330 g/mol. The van der Waals surface area contributed by atoms with E-state index in [1.165, 1.54) is 35.9 Å². The Morgan fingerprint density at radius 1 is 1.22 bits per heavy atom. The van der Waals surface area contributed by atoms with Gasteiger partial charge in [-0.05, 0) is 19.1 Å². The highest BCUT2D eigenvalue weighted by Gasteiger charge is 2.12. The molecule has 0 fully saturated rings. The number of amides is 1. The lowest BCUT2D eigenvalue weighted by Gasteiger charge is -2.06. The fourth-order valence-electron chi connectivity index (χ4n) is 1.77. The van der Waals surface area contributed by atoms with E-state index >= 15 is 0 Å². The van der Waals surface area contributed by atoms with Crippen LogP contribution < -0.4 is 10.1 Å². The molecule has 0 bridgehead atoms. The van der Waals surface area contributed by atoms with Gasteiger partial charge >= 0.3 is 6.01 Å². The Bertz CT molecular complexity index is 836. The minimum Gasteiger partial charge on any atom is -0.421 e. The third kappa shape index (κ3) is 3.49. The van der Waals surface area contributed by atoms with Crippen molar-refractivity contribution in [1.82, 2.24) is 15.0 Å². The van der Waals surface area contributed by atoms with Crippen molar-refractivity contribution in [3.8, 4) is 11.8 Å². The van der Waals surface area contributed by atoms with Gasteiger partial charge in [0.25, 0.3) is 5.91 Å². The lowest BCUT2D eigenvalue weighted by atomic mass is 10.3. The second-order valence-corrected chi connectivity index (χ2v) is 5.36. The van der Waals surface area contributed by atoms with Crippen molar-refractivity contribution in [2.45, 2.75) is 6.92 Å². The molecule has 0 spiro atoms. The first-order chi connectivity index (χ1) is 11.1. The summed E-state index contributed by atoms with van der Waals surface area (Å²) < 4.78 is 18.7. The number of para-hydroxylation sites is 1. The lowest BCUT2D eigenvalue weighted by molar-refractivity contribution is 0.102. The van der Waals surface area contributed by atoms with Crippen LogP contribution in [0.15, 0.2) is 42.2 Å². The van der Waals surface area contributed by atoms with Gasteiger partial charge in [-0.2, -0.15) is 0 Å². The molecular formula is C15H11FN4O2S. The molecule has 1 aromatic carbocycles. The highest BCUT2D eigenvalue weighted by atomic mass is 32.1. The van der Waals surface area contributed by atoms with E-state index in [1.54, 1.807) is 24.6 Å². The van der Waals surface area contributed by atoms with E-state index in [-0.39, 0.29) is 17.7 Å². The largest absolute Gasteiger partial charge is 0.421 e. The Balaban J connectivity index is 1.69. The molecule has 0 unspecified atom stereocenters. The molecule has 8 heteroatoms. The summed E-state index contributed by atoms with van der Waals surface area (Å²) in [5, 5.41) is 2.66. The molecule has 1 N–H and O–H groups in total. The lowest BCUT2D eigenvalue weighted by Crippen LogP contribution is -2.12. The normalized spacial score (nSPS) is 10.3. The Kier molecular flexibility index (Phi) is 4.24. The summed E-state index contributed by atoms with van der Waals surface area (Å²) in [5.41, 5.74) is 2.67. The van der Waals surface area contributed by atoms with Crippen LogP contribution in [0.25, 0.3) is 0 Å². The van der Waals surface area contributed by atoms with Crippen molar-refractivity contribution in [3.63, 3.8) is 0 Å². The van der Waals surface area contributed by atoms with Crippen molar-refractivity contribution in [2.75, 3.05) is 5.32 Å². The Morgan fingerprint density at radius 2 is 1.96 bits per heavy atom. The predicted octanol–water partition coefficient (Wildman–Crippen LogP) is 3.43. The van der Waals surface area contributed by atoms with Crippen LogP contribution in [-0.2, 0) is 0 Å². The van der Waals surface area contributed by atoms with Gasteiger partial charge in [0.2, 0.25) is 0 Å². The second kappa shape index (κ2) is 6.49. The maximum absolute atomic E-state index is 13.5. The summed E-state index contributed by atoms with van der Waals surface area (Å²) >= 11 is 1.25. The van der Waals surface area contributed by atoms with Gasteiger partial charge < -0.3 is 10.1 Å². The molecular weight excluding hydrogens is 319 g/mol. The summed E-state index contributed by atoms with van der Waals surface area (Å²) in [6.07, 6.45) is 2.77. The molecule has 2 heterocycles. The molecule has 3 aromatic rings. The average Bonchev–Trinajstić information content (AvgIpc) is 2.98. The Morgan fingerprint density at radius 3 is 2.61 bits per heavy atom. The molecule has 6 nitrogen and oxygen atoms in total. The number of aromatic nitrogens is 3. The van der Waals surface area contributed by atoms with Crippen LogP contribution in [0.4, 0.5) is 10.1 Å². The first-order valence-corrected chi connectivity index (χ1v) is 7.47. The van der Waals surface area contributed by atoms with Crippen LogP contribution in [0.2, 0.25) is 0 Å². The number of carbonyl (C=O) groups is 1. The first-order valence-electron chi connectivity index (χ1n) is 6.59. The van der Waals surface area contributed by atoms with Gasteiger partial charge in [-0.25, -0.2) is 19.3 Å². The maximum atomic E-state index is 13.5. The summed E-state index contributed by atoms with van der Waals surface area (Å²) in [6.45, 7) is 1.76. The first kappa shape index (κ1) is 15.0. The van der Waals surface area contributed by atoms with Crippen molar-refractivity contribution < 1.29 is 13.9 Å². The van der Waals surface area contributed by atoms with Crippen LogP contribution >= 0.6 is 11.3 Å². The predicted molar refractivity (Wildman–Crippen MR) is 83.3 cm³/mol. The minimum atomic E-state index is -0.505. The van der Waals surface area contributed by atoms with Crippen molar-refractivity contribution in [1.29, 1.82) is 0 Å². The SMILES string of the molecule is Cc1ncsc1C(=O)Nc1cnc(Oc2ccccc2F)nc1. The monoisotopic (exact) mass is 330 g/mol. The Hall–Kier alpha value is -2.87. The maximum Gasteiger partial charge on any atom is 0.322 e. The molecule has 2 aromatic heterocycles. The number of nitrogens with zero attached hydrogens (tertiary/aromatic N) is 3. The zero-order chi connectivity index (χ0) is 16.2. The summed E-state index contributed by atoms with van der Waals surface area (Å²) in [6, 6.07) is 5.94. The van der Waals surface area contributed by atoms with E-state index in [1.807, 2.05) is 0 Å². The summed E-state index contributed by atoms with van der Waals surface area (Å²) in [4.78, 5) is 24.5. The molecule has 0 atom stereocenters. The van der Waals surface area contributed by atoms with Crippen molar-refractivity contribution in [3.05, 3.63) is 58.6 Å². The molecule has 23 heavy (non-hydrogen) atoms. The molecule has 1 amide bonds. The van der Waals surface area contributed by atoms with Gasteiger partial charge in [0.05, 0.1) is 29.3 Å². The number of hydrogen-bond donors (Lipinski definition) is 1. The van der Waals surface area contributed by atoms with Gasteiger partial charge in [-0.1, -0.05) is 12.1 Å². The number of anilines is 1. The molecule has 0 aliphatic rings. The standard InChI is InChI=1S/C15H11FN4O2S/c1-9-13(23-8-19-9)14(21)20-10-6-17-15(18-7-10)22-12-5-3-2-4-11(12)16/h2-8H,1H3,(H,20,21). The van der Waals surface area contributed by atoms with E-state index in [0.29, 0.717) is 16.3 Å². The van der Waals surface area contributed by atoms with Crippen LogP contribution in [0.5, 0.6) is 11.8 Å². The topological polar surface area (TPSA) is 77.0 Å². The third-order valence-corrected chi connectivity index (χ3v) is 3.80. The van der Waals surface area contributed by atoms with E-state index in [4.69, 9.17) is 4.74 Å². The molecule has 0 saturated carbocycles. The number of halogens is 1. The van der Waals surface area contributed by atoms with Gasteiger partial charge in [0, 0.05) is 0 Å². The van der Waals surface area contributed by atoms with Gasteiger partial charge in [-0.3, -0.25) is 4.79 Å². The van der Waals surface area contributed by atoms with Gasteiger partial charge in [0.15, 0.2) is 11.6 Å². The van der Waals surface area contributed by atoms with E-state index in [2.05, 4.69) is 20.3 Å². The number of benzene rings is 1. The number of carbonyl (C=O) groups excluding carboxylic acids is 1. The number of nitrogens with one attached hydrogen (secondary N) is 1.